The van der Waals surface area contributed by atoms with Gasteiger partial charge in [-0.1, -0.05) is 5.76 Å². The van der Waals surface area contributed by atoms with Crippen LogP contribution in [0.5, 0.6) is 0 Å². The van der Waals surface area contributed by atoms with Crippen LogP contribution in [0.3, 0.4) is 0 Å². The Balaban J connectivity index is 1.68. The van der Waals surface area contributed by atoms with Crippen LogP contribution in [0.15, 0.2) is 71.6 Å². The van der Waals surface area contributed by atoms with Crippen molar-refractivity contribution in [2.24, 2.45) is 0 Å². The van der Waals surface area contributed by atoms with Crippen molar-refractivity contribution in [3.8, 4) is 0 Å². The molecule has 1 saturated heterocycles. The minimum Gasteiger partial charge on any atom is -0.872 e. The van der Waals surface area contributed by atoms with Gasteiger partial charge in [0.1, 0.15) is 24.2 Å². The van der Waals surface area contributed by atoms with Crippen LogP contribution in [0.25, 0.3) is 5.76 Å². The molecule has 1 fully saturated rings. The van der Waals surface area contributed by atoms with Crippen LogP contribution >= 0.6 is 0 Å². The van der Waals surface area contributed by atoms with E-state index in [1.165, 1.54) is 35.7 Å². The van der Waals surface area contributed by atoms with E-state index in [9.17, 15) is 14.7 Å². The highest BCUT2D eigenvalue weighted by Gasteiger charge is 2.45. The number of rotatable bonds is 6. The predicted molar refractivity (Wildman–Crippen MR) is 94.9 cm³/mol. The summed E-state index contributed by atoms with van der Waals surface area (Å²) in [5.74, 6) is -1.55. The Bertz CT molecular complexity index is 994. The van der Waals surface area contributed by atoms with Gasteiger partial charge in [0.15, 0.2) is 0 Å². The smallest absolute Gasteiger partial charge is 0.295 e. The van der Waals surface area contributed by atoms with Crippen LogP contribution < -0.4 is 9.67 Å². The zero-order valence-corrected chi connectivity index (χ0v) is 14.9. The van der Waals surface area contributed by atoms with Crippen molar-refractivity contribution in [1.82, 2.24) is 14.9 Å². The zero-order chi connectivity index (χ0) is 19.5. The van der Waals surface area contributed by atoms with Gasteiger partial charge in [0.2, 0.25) is 12.1 Å². The number of hydrogen-bond donors (Lipinski definition) is 1. The number of aromatic nitrogens is 3. The molecule has 1 aliphatic heterocycles. The fourth-order valence-electron chi connectivity index (χ4n) is 3.39. The summed E-state index contributed by atoms with van der Waals surface area (Å²) in [5, 5.41) is 13.0. The highest BCUT2D eigenvalue weighted by Crippen LogP contribution is 2.38. The van der Waals surface area contributed by atoms with Crippen molar-refractivity contribution in [3.05, 3.63) is 78.5 Å². The Morgan fingerprint density at radius 1 is 1.29 bits per heavy atom. The Morgan fingerprint density at radius 2 is 2.11 bits per heavy atom. The maximum atomic E-state index is 13.0. The average Bonchev–Trinajstić information content (AvgIpc) is 3.46. The molecule has 4 rings (SSSR count). The largest absolute Gasteiger partial charge is 0.872 e. The molecule has 4 heterocycles. The topological polar surface area (TPSA) is 106 Å². The van der Waals surface area contributed by atoms with Gasteiger partial charge in [0, 0.05) is 30.9 Å². The number of carbonyl (C=O) groups excluding carboxylic acids is 2. The Kier molecular flexibility index (Phi) is 4.76. The van der Waals surface area contributed by atoms with Crippen molar-refractivity contribution in [2.45, 2.75) is 19.0 Å². The molecule has 1 amide bonds. The molecule has 28 heavy (non-hydrogen) atoms. The molecule has 142 valence electrons. The van der Waals surface area contributed by atoms with Crippen molar-refractivity contribution >= 4 is 17.4 Å². The molecule has 0 bridgehead atoms. The predicted octanol–water partition coefficient (Wildman–Crippen LogP) is 0.604. The summed E-state index contributed by atoms with van der Waals surface area (Å²) in [4.78, 5) is 33.7. The molecule has 0 saturated carbocycles. The number of likely N-dealkylation sites (tertiary alicyclic amines) is 1. The maximum absolute atomic E-state index is 13.0. The second-order valence-corrected chi connectivity index (χ2v) is 6.43. The molecular weight excluding hydrogens is 360 g/mol. The molecule has 0 spiro atoms. The van der Waals surface area contributed by atoms with Gasteiger partial charge in [-0.25, -0.2) is 4.57 Å². The van der Waals surface area contributed by atoms with Crippen LogP contribution in [-0.4, -0.2) is 33.1 Å². The van der Waals surface area contributed by atoms with Gasteiger partial charge in [0.25, 0.3) is 5.91 Å². The minimum atomic E-state index is -0.827. The lowest BCUT2D eigenvalue weighted by atomic mass is 10.00. The van der Waals surface area contributed by atoms with Crippen molar-refractivity contribution in [1.29, 1.82) is 0 Å². The summed E-state index contributed by atoms with van der Waals surface area (Å²) in [6.07, 6.45) is 10.5. The number of aromatic amines is 1. The van der Waals surface area contributed by atoms with Crippen molar-refractivity contribution in [3.63, 3.8) is 0 Å². The third-order valence-electron chi connectivity index (χ3n) is 4.70. The number of pyridine rings is 1. The highest BCUT2D eigenvalue weighted by molar-refractivity contribution is 6.46. The Morgan fingerprint density at radius 3 is 2.79 bits per heavy atom. The van der Waals surface area contributed by atoms with Gasteiger partial charge in [-0.15, -0.1) is 0 Å². The normalized spacial score (nSPS) is 18.7. The van der Waals surface area contributed by atoms with Gasteiger partial charge in [-0.2, -0.15) is 0 Å². The molecule has 8 heteroatoms. The first kappa shape index (κ1) is 17.7. The summed E-state index contributed by atoms with van der Waals surface area (Å²) in [6, 6.07) is 5.57. The van der Waals surface area contributed by atoms with Crippen LogP contribution in [0.4, 0.5) is 0 Å². The number of carbonyl (C=O) groups is 2. The van der Waals surface area contributed by atoms with Crippen LogP contribution in [-0.2, 0) is 16.1 Å². The van der Waals surface area contributed by atoms with Crippen LogP contribution in [0.2, 0.25) is 0 Å². The van der Waals surface area contributed by atoms with E-state index in [-0.39, 0.29) is 5.57 Å². The van der Waals surface area contributed by atoms with E-state index in [1.807, 2.05) is 17.1 Å². The van der Waals surface area contributed by atoms with E-state index in [4.69, 9.17) is 4.42 Å². The number of furan rings is 1. The molecule has 1 N–H and O–H groups in total. The van der Waals surface area contributed by atoms with Gasteiger partial charge in [0.05, 0.1) is 12.8 Å². The first-order chi connectivity index (χ1) is 13.7. The third kappa shape index (κ3) is 3.20. The Labute approximate surface area is 160 Å². The maximum Gasteiger partial charge on any atom is 0.295 e. The number of ketones is 1. The molecule has 1 unspecified atom stereocenters. The van der Waals surface area contributed by atoms with E-state index in [1.54, 1.807) is 18.3 Å². The number of nitrogens with zero attached hydrogens (tertiary/aromatic N) is 3. The van der Waals surface area contributed by atoms with E-state index < -0.39 is 23.5 Å². The first-order valence-electron chi connectivity index (χ1n) is 8.89. The lowest BCUT2D eigenvalue weighted by Crippen LogP contribution is -2.36. The molecule has 0 aromatic carbocycles. The molecule has 1 aliphatic rings. The molecule has 8 nitrogen and oxygen atoms in total. The van der Waals surface area contributed by atoms with E-state index in [0.29, 0.717) is 30.8 Å². The number of aryl methyl sites for hydroxylation is 1. The van der Waals surface area contributed by atoms with E-state index >= 15 is 0 Å². The molecular formula is C20H18N4O4. The first-order valence-corrected chi connectivity index (χ1v) is 8.89. The van der Waals surface area contributed by atoms with Crippen molar-refractivity contribution < 1.29 is 23.7 Å². The fourth-order valence-corrected chi connectivity index (χ4v) is 3.39. The molecule has 3 aromatic rings. The number of H-pyrrole nitrogens is 1. The second kappa shape index (κ2) is 7.51. The zero-order valence-electron chi connectivity index (χ0n) is 14.9. The summed E-state index contributed by atoms with van der Waals surface area (Å²) in [5.41, 5.74) is 0.230. The molecule has 3 aromatic heterocycles. The molecule has 0 radical (unpaired) electrons. The molecule has 0 aliphatic carbocycles. The van der Waals surface area contributed by atoms with Crippen LogP contribution in [0.1, 0.15) is 23.8 Å². The number of hydrogen-bond acceptors (Lipinski definition) is 5. The van der Waals surface area contributed by atoms with Gasteiger partial charge in [-0.3, -0.25) is 19.6 Å². The summed E-state index contributed by atoms with van der Waals surface area (Å²) >= 11 is 0. The lowest BCUT2D eigenvalue weighted by molar-refractivity contribution is -0.695. The van der Waals surface area contributed by atoms with Crippen molar-refractivity contribution in [2.75, 3.05) is 6.54 Å². The SMILES string of the molecule is O=C1C(=O)N(CCC[n+]2cc[nH]c2)C(c2ccco2)C1=C([O-])c1ccncc1. The standard InChI is InChI=1S/C20H18N4O4/c25-18(14-4-6-21-7-5-14)16-17(15-3-1-12-28-15)24(20(27)19(16)26)10-2-9-23-11-8-22-13-23/h1,3-8,11-13,17H,2,9-10H2,(H,25,26). The fraction of sp³-hybridized carbons (Fsp3) is 0.200. The van der Waals surface area contributed by atoms with E-state index in [0.717, 1.165) is 0 Å². The third-order valence-corrected chi connectivity index (χ3v) is 4.70. The second-order valence-electron chi connectivity index (χ2n) is 6.43. The van der Waals surface area contributed by atoms with Gasteiger partial charge >= 0.3 is 0 Å². The monoisotopic (exact) mass is 378 g/mol. The minimum absolute atomic E-state index is 0.0829. The lowest BCUT2D eigenvalue weighted by Gasteiger charge is -2.25. The Hall–Kier alpha value is -3.68. The molecule has 1 atom stereocenters. The summed E-state index contributed by atoms with van der Waals surface area (Å²) in [7, 11) is 0. The highest BCUT2D eigenvalue weighted by atomic mass is 16.3. The van der Waals surface area contributed by atoms with E-state index in [2.05, 4.69) is 9.97 Å². The number of nitrogens with one attached hydrogen (secondary N) is 1. The number of imidazole rings is 1. The average molecular weight is 378 g/mol. The summed E-state index contributed by atoms with van der Waals surface area (Å²) < 4.78 is 7.41. The summed E-state index contributed by atoms with van der Waals surface area (Å²) in [6.45, 7) is 0.987. The number of amides is 1. The van der Waals surface area contributed by atoms with Gasteiger partial charge < -0.3 is 14.4 Å². The quantitative estimate of drug-likeness (QED) is 0.293. The van der Waals surface area contributed by atoms with Gasteiger partial charge in [-0.05, 0) is 29.8 Å². The van der Waals surface area contributed by atoms with Crippen LogP contribution in [0, 0.1) is 0 Å². The number of Topliss-reactive ketones (excluding diaryl/α,β-unsaturated/α-hetero) is 1.